The Hall–Kier alpha value is -2.36. The molecule has 4 heteroatoms. The van der Waals surface area contributed by atoms with Crippen molar-refractivity contribution in [1.82, 2.24) is 9.88 Å². The van der Waals surface area contributed by atoms with E-state index < -0.39 is 0 Å². The average Bonchev–Trinajstić information content (AvgIpc) is 3.17. The Morgan fingerprint density at radius 2 is 2.05 bits per heavy atom. The Morgan fingerprint density at radius 3 is 2.73 bits per heavy atom. The highest BCUT2D eigenvalue weighted by molar-refractivity contribution is 5.99. The van der Waals surface area contributed by atoms with Gasteiger partial charge >= 0.3 is 0 Å². The highest BCUT2D eigenvalue weighted by Crippen LogP contribution is 2.30. The van der Waals surface area contributed by atoms with Gasteiger partial charge < -0.3 is 9.88 Å². The van der Waals surface area contributed by atoms with E-state index in [1.165, 1.54) is 18.1 Å². The van der Waals surface area contributed by atoms with Gasteiger partial charge in [0.25, 0.3) is 5.91 Å². The van der Waals surface area contributed by atoms with Gasteiger partial charge in [0.15, 0.2) is 5.78 Å². The largest absolute Gasteiger partial charge is 0.356 e. The second-order valence-corrected chi connectivity index (χ2v) is 5.95. The third-order valence-electron chi connectivity index (χ3n) is 4.42. The zero-order valence-corrected chi connectivity index (χ0v) is 12.9. The normalized spacial score (nSPS) is 17.7. The van der Waals surface area contributed by atoms with Gasteiger partial charge in [0.1, 0.15) is 5.69 Å². The van der Waals surface area contributed by atoms with Crippen molar-refractivity contribution >= 4 is 11.7 Å². The van der Waals surface area contributed by atoms with E-state index in [1.54, 1.807) is 12.3 Å². The molecule has 2 heterocycles. The molecule has 114 valence electrons. The number of rotatable bonds is 3. The van der Waals surface area contributed by atoms with Crippen LogP contribution in [0.15, 0.2) is 36.5 Å². The van der Waals surface area contributed by atoms with E-state index in [0.717, 1.165) is 19.5 Å². The molecule has 1 N–H and O–H groups in total. The van der Waals surface area contributed by atoms with Crippen molar-refractivity contribution in [3.63, 3.8) is 0 Å². The number of likely N-dealkylation sites (tertiary alicyclic amines) is 1. The van der Waals surface area contributed by atoms with Crippen LogP contribution in [0, 0.1) is 6.92 Å². The topological polar surface area (TPSA) is 53.2 Å². The molecule has 1 saturated heterocycles. The van der Waals surface area contributed by atoms with Gasteiger partial charge in [0.2, 0.25) is 0 Å². The van der Waals surface area contributed by atoms with E-state index >= 15 is 0 Å². The van der Waals surface area contributed by atoms with E-state index in [-0.39, 0.29) is 11.7 Å². The van der Waals surface area contributed by atoms with Gasteiger partial charge in [-0.15, -0.1) is 0 Å². The number of aryl methyl sites for hydroxylation is 1. The quantitative estimate of drug-likeness (QED) is 0.885. The number of amides is 1. The van der Waals surface area contributed by atoms with Crippen molar-refractivity contribution in [2.75, 3.05) is 13.1 Å². The second kappa shape index (κ2) is 5.79. The lowest BCUT2D eigenvalue weighted by molar-refractivity contribution is 0.0785. The molecule has 1 aliphatic rings. The highest BCUT2D eigenvalue weighted by Gasteiger charge is 2.29. The summed E-state index contributed by atoms with van der Waals surface area (Å²) >= 11 is 0. The number of Topliss-reactive ketones (excluding diaryl/α,β-unsaturated/α-hetero) is 1. The van der Waals surface area contributed by atoms with Crippen LogP contribution in [0.3, 0.4) is 0 Å². The predicted molar refractivity (Wildman–Crippen MR) is 85.2 cm³/mol. The van der Waals surface area contributed by atoms with Gasteiger partial charge in [0.05, 0.1) is 0 Å². The minimum Gasteiger partial charge on any atom is -0.356 e. The third-order valence-corrected chi connectivity index (χ3v) is 4.42. The Bertz CT molecular complexity index is 717. The number of hydrogen-bond acceptors (Lipinski definition) is 2. The van der Waals surface area contributed by atoms with Crippen LogP contribution in [-0.2, 0) is 0 Å². The van der Waals surface area contributed by atoms with Crippen LogP contribution >= 0.6 is 0 Å². The molecule has 3 rings (SSSR count). The van der Waals surface area contributed by atoms with Crippen LogP contribution in [0.2, 0.25) is 0 Å². The molecule has 2 aromatic rings. The SMILES string of the molecule is CC(=O)c1c[nH]c(C(=O)N2CC[C@H](c3ccccc3C)C2)c1. The summed E-state index contributed by atoms with van der Waals surface area (Å²) in [6, 6.07) is 10.0. The van der Waals surface area contributed by atoms with Crippen molar-refractivity contribution in [3.05, 3.63) is 58.9 Å². The minimum atomic E-state index is -0.0329. The molecule has 0 saturated carbocycles. The Morgan fingerprint density at radius 1 is 1.27 bits per heavy atom. The van der Waals surface area contributed by atoms with E-state index in [4.69, 9.17) is 0 Å². The summed E-state index contributed by atoms with van der Waals surface area (Å²) in [5, 5.41) is 0. The van der Waals surface area contributed by atoms with E-state index in [9.17, 15) is 9.59 Å². The van der Waals surface area contributed by atoms with Gasteiger partial charge in [-0.05, 0) is 37.5 Å². The monoisotopic (exact) mass is 296 g/mol. The number of nitrogens with one attached hydrogen (secondary N) is 1. The summed E-state index contributed by atoms with van der Waals surface area (Å²) < 4.78 is 0. The summed E-state index contributed by atoms with van der Waals surface area (Å²) in [6.45, 7) is 5.11. The predicted octanol–water partition coefficient (Wildman–Crippen LogP) is 3.16. The molecule has 1 aliphatic heterocycles. The first kappa shape index (κ1) is 14.6. The lowest BCUT2D eigenvalue weighted by Crippen LogP contribution is -2.28. The molecule has 0 aliphatic carbocycles. The molecule has 0 unspecified atom stereocenters. The zero-order valence-electron chi connectivity index (χ0n) is 12.9. The number of nitrogens with zero attached hydrogens (tertiary/aromatic N) is 1. The van der Waals surface area contributed by atoms with Crippen molar-refractivity contribution in [1.29, 1.82) is 0 Å². The summed E-state index contributed by atoms with van der Waals surface area (Å²) in [5.41, 5.74) is 3.66. The van der Waals surface area contributed by atoms with Crippen molar-refractivity contribution in [3.8, 4) is 0 Å². The molecule has 1 amide bonds. The maximum atomic E-state index is 12.5. The minimum absolute atomic E-state index is 0.0245. The Labute approximate surface area is 130 Å². The number of aromatic nitrogens is 1. The summed E-state index contributed by atoms with van der Waals surface area (Å²) in [4.78, 5) is 28.6. The van der Waals surface area contributed by atoms with E-state index in [2.05, 4.69) is 30.1 Å². The number of hydrogen-bond donors (Lipinski definition) is 1. The van der Waals surface area contributed by atoms with Gasteiger partial charge in [-0.1, -0.05) is 24.3 Å². The van der Waals surface area contributed by atoms with Crippen LogP contribution in [0.1, 0.15) is 51.2 Å². The number of aromatic amines is 1. The van der Waals surface area contributed by atoms with E-state index in [1.807, 2.05) is 11.0 Å². The molecule has 0 spiro atoms. The van der Waals surface area contributed by atoms with Crippen molar-refractivity contribution in [2.45, 2.75) is 26.2 Å². The highest BCUT2D eigenvalue weighted by atomic mass is 16.2. The van der Waals surface area contributed by atoms with Crippen LogP contribution in [0.5, 0.6) is 0 Å². The van der Waals surface area contributed by atoms with Gasteiger partial charge in [-0.25, -0.2) is 0 Å². The maximum Gasteiger partial charge on any atom is 0.270 e. The van der Waals surface area contributed by atoms with Gasteiger partial charge in [0, 0.05) is 30.8 Å². The molecular weight excluding hydrogens is 276 g/mol. The zero-order chi connectivity index (χ0) is 15.7. The first-order chi connectivity index (χ1) is 10.6. The van der Waals surface area contributed by atoms with Crippen LogP contribution in [0.25, 0.3) is 0 Å². The number of carbonyl (C=O) groups is 2. The maximum absolute atomic E-state index is 12.5. The average molecular weight is 296 g/mol. The number of H-pyrrole nitrogens is 1. The smallest absolute Gasteiger partial charge is 0.270 e. The first-order valence-electron chi connectivity index (χ1n) is 7.60. The summed E-state index contributed by atoms with van der Waals surface area (Å²) in [5.74, 6) is 0.338. The Kier molecular flexibility index (Phi) is 3.84. The van der Waals surface area contributed by atoms with Gasteiger partial charge in [-0.3, -0.25) is 9.59 Å². The van der Waals surface area contributed by atoms with Gasteiger partial charge in [-0.2, -0.15) is 0 Å². The number of carbonyl (C=O) groups excluding carboxylic acids is 2. The first-order valence-corrected chi connectivity index (χ1v) is 7.60. The lowest BCUT2D eigenvalue weighted by Gasteiger charge is -2.17. The molecule has 1 aromatic heterocycles. The number of ketones is 1. The third kappa shape index (κ3) is 2.69. The van der Waals surface area contributed by atoms with Crippen LogP contribution in [-0.4, -0.2) is 34.7 Å². The fraction of sp³-hybridized carbons (Fsp3) is 0.333. The van der Waals surface area contributed by atoms with Crippen LogP contribution < -0.4 is 0 Å². The lowest BCUT2D eigenvalue weighted by atomic mass is 9.94. The fourth-order valence-corrected chi connectivity index (χ4v) is 3.13. The molecule has 0 bridgehead atoms. The Balaban J connectivity index is 1.73. The van der Waals surface area contributed by atoms with Crippen LogP contribution in [0.4, 0.5) is 0 Å². The molecule has 1 aromatic carbocycles. The number of benzene rings is 1. The van der Waals surface area contributed by atoms with Crippen molar-refractivity contribution < 1.29 is 9.59 Å². The van der Waals surface area contributed by atoms with E-state index in [0.29, 0.717) is 17.2 Å². The summed E-state index contributed by atoms with van der Waals surface area (Å²) in [7, 11) is 0. The molecule has 4 nitrogen and oxygen atoms in total. The standard InChI is InChI=1S/C18H20N2O2/c1-12-5-3-4-6-16(12)14-7-8-20(11-14)18(22)17-9-15(10-19-17)13(2)21/h3-6,9-10,14,19H,7-8,11H2,1-2H3/t14-/m0/s1. The summed E-state index contributed by atoms with van der Waals surface area (Å²) in [6.07, 6.45) is 2.58. The second-order valence-electron chi connectivity index (χ2n) is 5.95. The fourth-order valence-electron chi connectivity index (χ4n) is 3.13. The van der Waals surface area contributed by atoms with Crippen molar-refractivity contribution in [2.24, 2.45) is 0 Å². The molecule has 0 radical (unpaired) electrons. The molecule has 1 atom stereocenters. The molecule has 1 fully saturated rings. The molecule has 22 heavy (non-hydrogen) atoms. The molecular formula is C18H20N2O2.